The van der Waals surface area contributed by atoms with Crippen LogP contribution >= 0.6 is 0 Å². The van der Waals surface area contributed by atoms with Crippen LogP contribution in [0.25, 0.3) is 0 Å². The molecule has 1 aromatic rings. The van der Waals surface area contributed by atoms with Crippen LogP contribution in [-0.2, 0) is 6.54 Å². The Morgan fingerprint density at radius 2 is 1.93 bits per heavy atom. The molecule has 1 fully saturated rings. The minimum absolute atomic E-state index is 0.0300. The third kappa shape index (κ3) is 7.86. The molecule has 0 aromatic carbocycles. The number of nitrogens with one attached hydrogen (secondary N) is 1. The first-order chi connectivity index (χ1) is 13.0. The number of rotatable bonds is 11. The number of aliphatic hydroxyl groups excluding tert-OH is 2. The minimum Gasteiger partial charge on any atom is -0.393 e. The lowest BCUT2D eigenvalue weighted by atomic mass is 9.81. The highest BCUT2D eigenvalue weighted by Gasteiger charge is 2.30. The molecule has 27 heavy (non-hydrogen) atoms. The van der Waals surface area contributed by atoms with E-state index >= 15 is 0 Å². The SMILES string of the molecule is CC(C)C(CC(O)CCC1CCCCC1)C(O)C(N)NCc1ccccn1. The van der Waals surface area contributed by atoms with E-state index in [1.165, 1.54) is 32.1 Å². The monoisotopic (exact) mass is 377 g/mol. The Morgan fingerprint density at radius 1 is 1.19 bits per heavy atom. The van der Waals surface area contributed by atoms with Crippen LogP contribution in [0.2, 0.25) is 0 Å². The molecule has 0 saturated heterocycles. The van der Waals surface area contributed by atoms with Gasteiger partial charge in [0.1, 0.15) is 0 Å². The van der Waals surface area contributed by atoms with Gasteiger partial charge in [-0.25, -0.2) is 0 Å². The highest BCUT2D eigenvalue weighted by Crippen LogP contribution is 2.30. The van der Waals surface area contributed by atoms with Gasteiger partial charge in [0.15, 0.2) is 0 Å². The summed E-state index contributed by atoms with van der Waals surface area (Å²) in [5, 5.41) is 24.5. The number of aliphatic hydroxyl groups is 2. The maximum Gasteiger partial charge on any atom is 0.0854 e. The molecule has 1 aromatic heterocycles. The van der Waals surface area contributed by atoms with E-state index in [0.29, 0.717) is 13.0 Å². The number of hydrogen-bond acceptors (Lipinski definition) is 5. The summed E-state index contributed by atoms with van der Waals surface area (Å²) in [5.74, 6) is 1.00. The van der Waals surface area contributed by atoms with Crippen LogP contribution in [-0.4, -0.2) is 33.6 Å². The van der Waals surface area contributed by atoms with Gasteiger partial charge in [0.25, 0.3) is 0 Å². The first-order valence-electron chi connectivity index (χ1n) is 10.7. The fourth-order valence-electron chi connectivity index (χ4n) is 4.25. The summed E-state index contributed by atoms with van der Waals surface area (Å²) in [6.07, 6.45) is 9.35. The first kappa shape index (κ1) is 22.3. The van der Waals surface area contributed by atoms with E-state index in [1.54, 1.807) is 6.20 Å². The second-order valence-corrected chi connectivity index (χ2v) is 8.60. The summed E-state index contributed by atoms with van der Waals surface area (Å²) in [5.41, 5.74) is 7.10. The van der Waals surface area contributed by atoms with Gasteiger partial charge in [0, 0.05) is 12.7 Å². The van der Waals surface area contributed by atoms with Crippen molar-refractivity contribution in [1.82, 2.24) is 10.3 Å². The fraction of sp³-hybridized carbons (Fsp3) is 0.773. The van der Waals surface area contributed by atoms with Crippen LogP contribution in [0.3, 0.4) is 0 Å². The van der Waals surface area contributed by atoms with Gasteiger partial charge in [-0.3, -0.25) is 10.3 Å². The Balaban J connectivity index is 1.79. The van der Waals surface area contributed by atoms with Gasteiger partial charge in [0.05, 0.1) is 24.1 Å². The van der Waals surface area contributed by atoms with E-state index in [0.717, 1.165) is 24.5 Å². The summed E-state index contributed by atoms with van der Waals surface area (Å²) in [6, 6.07) is 5.74. The van der Waals surface area contributed by atoms with Crippen LogP contribution in [0.5, 0.6) is 0 Å². The molecule has 1 aliphatic rings. The van der Waals surface area contributed by atoms with Gasteiger partial charge in [0.2, 0.25) is 0 Å². The molecule has 5 heteroatoms. The molecule has 0 aliphatic heterocycles. The summed E-state index contributed by atoms with van der Waals surface area (Å²) < 4.78 is 0. The molecule has 154 valence electrons. The molecule has 0 amide bonds. The van der Waals surface area contributed by atoms with E-state index in [-0.39, 0.29) is 17.9 Å². The van der Waals surface area contributed by atoms with E-state index in [4.69, 9.17) is 5.73 Å². The van der Waals surface area contributed by atoms with Crippen molar-refractivity contribution in [3.05, 3.63) is 30.1 Å². The predicted octanol–water partition coefficient (Wildman–Crippen LogP) is 3.20. The van der Waals surface area contributed by atoms with Crippen molar-refractivity contribution in [2.24, 2.45) is 23.5 Å². The Morgan fingerprint density at radius 3 is 2.56 bits per heavy atom. The van der Waals surface area contributed by atoms with Gasteiger partial charge in [-0.05, 0) is 49.1 Å². The molecule has 2 rings (SSSR count). The Kier molecular flexibility index (Phi) is 9.69. The molecule has 1 saturated carbocycles. The fourth-order valence-corrected chi connectivity index (χ4v) is 4.25. The normalized spacial score (nSPS) is 20.4. The third-order valence-electron chi connectivity index (χ3n) is 6.09. The predicted molar refractivity (Wildman–Crippen MR) is 110 cm³/mol. The number of aromatic nitrogens is 1. The third-order valence-corrected chi connectivity index (χ3v) is 6.09. The van der Waals surface area contributed by atoms with Crippen LogP contribution in [0, 0.1) is 17.8 Å². The lowest BCUT2D eigenvalue weighted by molar-refractivity contribution is 0.0125. The van der Waals surface area contributed by atoms with Crippen molar-refractivity contribution in [2.45, 2.75) is 90.1 Å². The average molecular weight is 378 g/mol. The van der Waals surface area contributed by atoms with E-state index in [2.05, 4.69) is 24.1 Å². The van der Waals surface area contributed by atoms with Crippen LogP contribution < -0.4 is 11.1 Å². The summed E-state index contributed by atoms with van der Waals surface area (Å²) in [6.45, 7) is 4.70. The van der Waals surface area contributed by atoms with Gasteiger partial charge >= 0.3 is 0 Å². The highest BCUT2D eigenvalue weighted by atomic mass is 16.3. The molecule has 0 radical (unpaired) electrons. The molecule has 5 N–H and O–H groups in total. The average Bonchev–Trinajstić information content (AvgIpc) is 2.69. The van der Waals surface area contributed by atoms with Crippen molar-refractivity contribution < 1.29 is 10.2 Å². The van der Waals surface area contributed by atoms with Crippen LogP contribution in [0.15, 0.2) is 24.4 Å². The largest absolute Gasteiger partial charge is 0.393 e. The van der Waals surface area contributed by atoms with Crippen molar-refractivity contribution in [3.63, 3.8) is 0 Å². The zero-order valence-corrected chi connectivity index (χ0v) is 17.1. The lowest BCUT2D eigenvalue weighted by Gasteiger charge is -2.32. The van der Waals surface area contributed by atoms with Gasteiger partial charge in [-0.2, -0.15) is 0 Å². The van der Waals surface area contributed by atoms with Crippen molar-refractivity contribution in [2.75, 3.05) is 0 Å². The summed E-state index contributed by atoms with van der Waals surface area (Å²) in [4.78, 5) is 4.27. The zero-order chi connectivity index (χ0) is 19.6. The number of nitrogens with zero attached hydrogens (tertiary/aromatic N) is 1. The quantitative estimate of drug-likeness (QED) is 0.445. The molecule has 4 atom stereocenters. The summed E-state index contributed by atoms with van der Waals surface area (Å²) >= 11 is 0. The first-order valence-corrected chi connectivity index (χ1v) is 10.7. The topological polar surface area (TPSA) is 91.4 Å². The number of pyridine rings is 1. The highest BCUT2D eigenvalue weighted by molar-refractivity contribution is 5.03. The molecular weight excluding hydrogens is 338 g/mol. The molecule has 0 bridgehead atoms. The standard InChI is InChI=1S/C22H39N3O2/c1-16(2)20(14-19(26)12-11-17-8-4-3-5-9-17)21(27)22(23)25-15-18-10-6-7-13-24-18/h6-7,10,13,16-17,19-22,25-27H,3-5,8-9,11-12,14-15,23H2,1-2H3. The Labute approximate surface area is 164 Å². The molecule has 5 nitrogen and oxygen atoms in total. The van der Waals surface area contributed by atoms with Crippen LogP contribution in [0.4, 0.5) is 0 Å². The van der Waals surface area contributed by atoms with E-state index in [1.807, 2.05) is 18.2 Å². The van der Waals surface area contributed by atoms with Crippen molar-refractivity contribution in [3.8, 4) is 0 Å². The van der Waals surface area contributed by atoms with Gasteiger partial charge in [-0.15, -0.1) is 0 Å². The van der Waals surface area contributed by atoms with Crippen molar-refractivity contribution in [1.29, 1.82) is 0 Å². The molecule has 0 spiro atoms. The van der Waals surface area contributed by atoms with Crippen LogP contribution in [0.1, 0.15) is 70.9 Å². The second kappa shape index (κ2) is 11.7. The van der Waals surface area contributed by atoms with Gasteiger partial charge < -0.3 is 15.9 Å². The minimum atomic E-state index is -0.696. The number of nitrogens with two attached hydrogens (primary N) is 1. The molecule has 4 unspecified atom stereocenters. The van der Waals surface area contributed by atoms with E-state index in [9.17, 15) is 10.2 Å². The van der Waals surface area contributed by atoms with Gasteiger partial charge in [-0.1, -0.05) is 52.0 Å². The second-order valence-electron chi connectivity index (χ2n) is 8.60. The maximum atomic E-state index is 10.8. The zero-order valence-electron chi connectivity index (χ0n) is 17.1. The maximum absolute atomic E-state index is 10.8. The lowest BCUT2D eigenvalue weighted by Crippen LogP contribution is -2.51. The molecule has 1 aliphatic carbocycles. The molecule has 1 heterocycles. The van der Waals surface area contributed by atoms with E-state index < -0.39 is 12.3 Å². The smallest absolute Gasteiger partial charge is 0.0854 e. The number of hydrogen-bond donors (Lipinski definition) is 4. The Bertz CT molecular complexity index is 506. The summed E-state index contributed by atoms with van der Waals surface area (Å²) in [7, 11) is 0. The molecular formula is C22H39N3O2. The Hall–Kier alpha value is -1.01. The van der Waals surface area contributed by atoms with Crippen molar-refractivity contribution >= 4 is 0 Å².